The van der Waals surface area contributed by atoms with Gasteiger partial charge in [0.15, 0.2) is 5.78 Å². The fourth-order valence-corrected chi connectivity index (χ4v) is 3.98. The highest BCUT2D eigenvalue weighted by Gasteiger charge is 2.36. The van der Waals surface area contributed by atoms with Gasteiger partial charge in [-0.1, -0.05) is 53.0 Å². The van der Waals surface area contributed by atoms with E-state index in [1.165, 1.54) is 6.92 Å². The van der Waals surface area contributed by atoms with E-state index >= 15 is 0 Å². The van der Waals surface area contributed by atoms with Gasteiger partial charge < -0.3 is 15.4 Å². The van der Waals surface area contributed by atoms with Crippen molar-refractivity contribution in [3.8, 4) is 0 Å². The van der Waals surface area contributed by atoms with Gasteiger partial charge in [0.25, 0.3) is 5.91 Å². The average molecular weight is 478 g/mol. The highest BCUT2D eigenvalue weighted by molar-refractivity contribution is 7.18. The second-order valence-electron chi connectivity index (χ2n) is 6.00. The van der Waals surface area contributed by atoms with E-state index in [2.05, 4.69) is 10.6 Å². The van der Waals surface area contributed by atoms with Gasteiger partial charge in [0, 0.05) is 5.56 Å². The Balaban J connectivity index is 2.40. The van der Waals surface area contributed by atoms with Crippen molar-refractivity contribution in [1.29, 1.82) is 0 Å². The number of carbonyl (C=O) groups excluding carboxylic acids is 3. The molecule has 0 unspecified atom stereocenters. The number of benzene rings is 1. The molecule has 1 aromatic carbocycles. The number of esters is 1. The molecule has 0 aliphatic carbocycles. The van der Waals surface area contributed by atoms with Gasteiger partial charge in [-0.3, -0.25) is 9.59 Å². The number of ketones is 1. The fraction of sp³-hybridized carbons (Fsp3) is 0.316. The molecular formula is C19H19Cl3N2O4S. The monoisotopic (exact) mass is 476 g/mol. The summed E-state index contributed by atoms with van der Waals surface area (Å²) in [4.78, 5) is 37.3. The molecular weight excluding hydrogens is 459 g/mol. The number of thiophene rings is 1. The van der Waals surface area contributed by atoms with E-state index in [0.29, 0.717) is 16.0 Å². The number of ether oxygens (including phenoxy) is 1. The third-order valence-corrected chi connectivity index (χ3v) is 5.84. The van der Waals surface area contributed by atoms with Gasteiger partial charge in [-0.25, -0.2) is 4.79 Å². The Bertz CT molecular complexity index is 910. The molecule has 2 aromatic rings. The number of rotatable bonds is 7. The summed E-state index contributed by atoms with van der Waals surface area (Å²) in [5.41, 5.74) is 0.988. The molecule has 2 N–H and O–H groups in total. The Kier molecular flexibility index (Phi) is 7.94. The smallest absolute Gasteiger partial charge is 0.341 e. The lowest BCUT2D eigenvalue weighted by Gasteiger charge is -2.27. The zero-order valence-electron chi connectivity index (χ0n) is 15.8. The first-order valence-corrected chi connectivity index (χ1v) is 10.5. The van der Waals surface area contributed by atoms with Crippen molar-refractivity contribution in [3.05, 3.63) is 51.9 Å². The van der Waals surface area contributed by atoms with Gasteiger partial charge in [0.05, 0.1) is 17.0 Å². The predicted octanol–water partition coefficient (Wildman–Crippen LogP) is 4.97. The summed E-state index contributed by atoms with van der Waals surface area (Å²) in [6.07, 6.45) is -1.19. The number of alkyl halides is 3. The Morgan fingerprint density at radius 3 is 2.31 bits per heavy atom. The second kappa shape index (κ2) is 9.80. The van der Waals surface area contributed by atoms with Crippen LogP contribution in [-0.2, 0) is 4.74 Å². The van der Waals surface area contributed by atoms with E-state index in [1.807, 2.05) is 0 Å². The van der Waals surface area contributed by atoms with Crippen LogP contribution in [0.25, 0.3) is 0 Å². The van der Waals surface area contributed by atoms with Crippen LogP contribution in [0.5, 0.6) is 0 Å². The van der Waals surface area contributed by atoms with Crippen molar-refractivity contribution in [2.45, 2.75) is 30.7 Å². The van der Waals surface area contributed by atoms with E-state index in [4.69, 9.17) is 39.5 Å². The molecule has 0 saturated heterocycles. The molecule has 10 heteroatoms. The lowest BCUT2D eigenvalue weighted by Crippen LogP contribution is -2.49. The molecule has 0 saturated carbocycles. The molecule has 1 aromatic heterocycles. The standard InChI is InChI=1S/C19H19Cl3N2O4S/c1-4-28-17(27)13-10(2)14(11(3)25)29-16(13)24-18(19(20,21)22)23-15(26)12-8-6-5-7-9-12/h5-9,18,24H,4H2,1-3H3,(H,23,26)/t18-/m0/s1. The van der Waals surface area contributed by atoms with Crippen LogP contribution in [0, 0.1) is 6.92 Å². The van der Waals surface area contributed by atoms with Crippen molar-refractivity contribution < 1.29 is 19.1 Å². The van der Waals surface area contributed by atoms with E-state index < -0.39 is 21.8 Å². The normalized spacial score (nSPS) is 12.2. The van der Waals surface area contributed by atoms with Gasteiger partial charge in [0.2, 0.25) is 3.79 Å². The number of Topliss-reactive ketones (excluding diaryl/α,β-unsaturated/α-hetero) is 1. The van der Waals surface area contributed by atoms with E-state index in [0.717, 1.165) is 11.3 Å². The number of amides is 1. The summed E-state index contributed by atoms with van der Waals surface area (Å²) < 4.78 is 3.14. The minimum Gasteiger partial charge on any atom is -0.462 e. The molecule has 0 bridgehead atoms. The van der Waals surface area contributed by atoms with Gasteiger partial charge in [-0.05, 0) is 38.5 Å². The van der Waals surface area contributed by atoms with Crippen LogP contribution in [0.15, 0.2) is 30.3 Å². The SMILES string of the molecule is CCOC(=O)c1c(N[C@H](NC(=O)c2ccccc2)C(Cl)(Cl)Cl)sc(C(C)=O)c1C. The van der Waals surface area contributed by atoms with Crippen molar-refractivity contribution in [2.24, 2.45) is 0 Å². The molecule has 1 heterocycles. The van der Waals surface area contributed by atoms with Crippen molar-refractivity contribution in [3.63, 3.8) is 0 Å². The first-order valence-electron chi connectivity index (χ1n) is 8.56. The summed E-state index contributed by atoms with van der Waals surface area (Å²) in [7, 11) is 0. The molecule has 0 fully saturated rings. The lowest BCUT2D eigenvalue weighted by atomic mass is 10.1. The number of halogens is 3. The predicted molar refractivity (Wildman–Crippen MR) is 117 cm³/mol. The van der Waals surface area contributed by atoms with E-state index in [9.17, 15) is 14.4 Å². The summed E-state index contributed by atoms with van der Waals surface area (Å²) in [6, 6.07) is 8.39. The van der Waals surface area contributed by atoms with Crippen molar-refractivity contribution in [2.75, 3.05) is 11.9 Å². The van der Waals surface area contributed by atoms with Crippen molar-refractivity contribution >= 4 is 68.8 Å². The average Bonchev–Trinajstić information content (AvgIpc) is 2.97. The first kappa shape index (κ1) is 23.5. The molecule has 0 aliphatic heterocycles. The molecule has 1 atom stereocenters. The highest BCUT2D eigenvalue weighted by atomic mass is 35.6. The fourth-order valence-electron chi connectivity index (χ4n) is 2.53. The van der Waals surface area contributed by atoms with Crippen LogP contribution in [-0.4, -0.2) is 34.2 Å². The Hall–Kier alpha value is -1.80. The maximum Gasteiger partial charge on any atom is 0.341 e. The Morgan fingerprint density at radius 2 is 1.79 bits per heavy atom. The Morgan fingerprint density at radius 1 is 1.17 bits per heavy atom. The molecule has 29 heavy (non-hydrogen) atoms. The number of carbonyl (C=O) groups is 3. The minimum absolute atomic E-state index is 0.154. The van der Waals surface area contributed by atoms with Crippen LogP contribution in [0.4, 0.5) is 5.00 Å². The van der Waals surface area contributed by atoms with Crippen LogP contribution >= 0.6 is 46.1 Å². The zero-order valence-corrected chi connectivity index (χ0v) is 18.9. The summed E-state index contributed by atoms with van der Waals surface area (Å²) in [6.45, 7) is 4.85. The van der Waals surface area contributed by atoms with Crippen LogP contribution in [0.1, 0.15) is 49.8 Å². The van der Waals surface area contributed by atoms with Crippen LogP contribution in [0.2, 0.25) is 0 Å². The second-order valence-corrected chi connectivity index (χ2v) is 9.38. The molecule has 0 radical (unpaired) electrons. The lowest BCUT2D eigenvalue weighted by molar-refractivity contribution is 0.0527. The summed E-state index contributed by atoms with van der Waals surface area (Å²) >= 11 is 19.2. The third-order valence-electron chi connectivity index (χ3n) is 3.86. The molecule has 0 spiro atoms. The molecule has 1 amide bonds. The van der Waals surface area contributed by atoms with Crippen LogP contribution in [0.3, 0.4) is 0 Å². The molecule has 156 valence electrons. The summed E-state index contributed by atoms with van der Waals surface area (Å²) in [5.74, 6) is -1.31. The Labute approximate surface area is 187 Å². The highest BCUT2D eigenvalue weighted by Crippen LogP contribution is 2.38. The largest absolute Gasteiger partial charge is 0.462 e. The first-order chi connectivity index (χ1) is 13.6. The van der Waals surface area contributed by atoms with Gasteiger partial charge in [-0.2, -0.15) is 0 Å². The maximum atomic E-state index is 12.5. The van der Waals surface area contributed by atoms with Gasteiger partial charge >= 0.3 is 5.97 Å². The van der Waals surface area contributed by atoms with Gasteiger partial charge in [0.1, 0.15) is 11.2 Å². The van der Waals surface area contributed by atoms with Crippen LogP contribution < -0.4 is 10.6 Å². The molecule has 2 rings (SSSR count). The molecule has 6 nitrogen and oxygen atoms in total. The maximum absolute atomic E-state index is 12.5. The quantitative estimate of drug-likeness (QED) is 0.254. The number of nitrogens with one attached hydrogen (secondary N) is 2. The zero-order chi connectivity index (χ0) is 21.8. The van der Waals surface area contributed by atoms with Gasteiger partial charge in [-0.15, -0.1) is 11.3 Å². The number of hydrogen-bond donors (Lipinski definition) is 2. The van der Waals surface area contributed by atoms with E-state index in [-0.39, 0.29) is 23.0 Å². The summed E-state index contributed by atoms with van der Waals surface area (Å²) in [5, 5.41) is 5.74. The topological polar surface area (TPSA) is 84.5 Å². The van der Waals surface area contributed by atoms with E-state index in [1.54, 1.807) is 44.2 Å². The van der Waals surface area contributed by atoms with Crippen molar-refractivity contribution in [1.82, 2.24) is 5.32 Å². The molecule has 0 aliphatic rings. The number of hydrogen-bond acceptors (Lipinski definition) is 6. The third kappa shape index (κ3) is 5.85. The minimum atomic E-state index is -1.95. The number of anilines is 1.